The van der Waals surface area contributed by atoms with Crippen LogP contribution in [-0.4, -0.2) is 46.3 Å². The standard InChI is InChI=1S/C23H26ClN5O2/c1-14-12-15(4-6-17(14)23(31)29-10-2-3-11-29)22(30)28-19(8-9-25)21-26-18-7-5-16(24)13-20(18)27-21/h4-7,12-13,19H,2-3,8-11,25H2,1H3,(H,26,27)(H,28,30). The molecule has 162 valence electrons. The molecule has 4 rings (SSSR count). The van der Waals surface area contributed by atoms with Gasteiger partial charge in [-0.15, -0.1) is 0 Å². The lowest BCUT2D eigenvalue weighted by Gasteiger charge is -2.18. The predicted octanol–water partition coefficient (Wildman–Crippen LogP) is 3.58. The van der Waals surface area contributed by atoms with Crippen molar-refractivity contribution < 1.29 is 9.59 Å². The minimum atomic E-state index is -0.366. The van der Waals surface area contributed by atoms with Crippen molar-refractivity contribution in [1.29, 1.82) is 0 Å². The van der Waals surface area contributed by atoms with Crippen LogP contribution < -0.4 is 11.1 Å². The molecule has 1 aliphatic rings. The average molecular weight is 440 g/mol. The zero-order chi connectivity index (χ0) is 22.0. The van der Waals surface area contributed by atoms with Crippen molar-refractivity contribution in [3.05, 3.63) is 63.9 Å². The maximum absolute atomic E-state index is 13.0. The molecule has 0 bridgehead atoms. The van der Waals surface area contributed by atoms with E-state index in [1.807, 2.05) is 17.9 Å². The quantitative estimate of drug-likeness (QED) is 0.546. The maximum Gasteiger partial charge on any atom is 0.254 e. The Balaban J connectivity index is 1.53. The molecule has 3 aromatic rings. The molecular formula is C23H26ClN5O2. The summed E-state index contributed by atoms with van der Waals surface area (Å²) in [7, 11) is 0. The minimum absolute atomic E-state index is 0.0314. The van der Waals surface area contributed by atoms with Gasteiger partial charge >= 0.3 is 0 Å². The monoisotopic (exact) mass is 439 g/mol. The Labute approximate surface area is 186 Å². The fourth-order valence-electron chi connectivity index (χ4n) is 3.99. The van der Waals surface area contributed by atoms with Gasteiger partial charge in [0.1, 0.15) is 5.82 Å². The first-order chi connectivity index (χ1) is 15.0. The van der Waals surface area contributed by atoms with E-state index in [0.717, 1.165) is 42.5 Å². The molecule has 0 spiro atoms. The SMILES string of the molecule is Cc1cc(C(=O)NC(CCN)c2nc3ccc(Cl)cc3[nH]2)ccc1C(=O)N1CCCC1. The van der Waals surface area contributed by atoms with E-state index in [0.29, 0.717) is 34.9 Å². The summed E-state index contributed by atoms with van der Waals surface area (Å²) in [5, 5.41) is 3.63. The molecule has 2 aromatic carbocycles. The van der Waals surface area contributed by atoms with Crippen molar-refractivity contribution in [3.8, 4) is 0 Å². The van der Waals surface area contributed by atoms with E-state index in [-0.39, 0.29) is 17.9 Å². The van der Waals surface area contributed by atoms with E-state index in [1.165, 1.54) is 0 Å². The Hall–Kier alpha value is -2.90. The number of carbonyl (C=O) groups excluding carboxylic acids is 2. The lowest BCUT2D eigenvalue weighted by molar-refractivity contribution is 0.0791. The van der Waals surface area contributed by atoms with Gasteiger partial charge in [-0.3, -0.25) is 9.59 Å². The smallest absolute Gasteiger partial charge is 0.254 e. The van der Waals surface area contributed by atoms with Crippen molar-refractivity contribution in [2.24, 2.45) is 5.73 Å². The van der Waals surface area contributed by atoms with Crippen LogP contribution in [0.3, 0.4) is 0 Å². The summed E-state index contributed by atoms with van der Waals surface area (Å²) in [6, 6.07) is 10.2. The van der Waals surface area contributed by atoms with Crippen LogP contribution in [0, 0.1) is 6.92 Å². The van der Waals surface area contributed by atoms with Crippen LogP contribution in [0.15, 0.2) is 36.4 Å². The summed E-state index contributed by atoms with van der Waals surface area (Å²) in [6.45, 7) is 3.85. The molecule has 0 saturated carbocycles. The number of imidazole rings is 1. The fraction of sp³-hybridized carbons (Fsp3) is 0.348. The number of nitrogens with one attached hydrogen (secondary N) is 2. The van der Waals surface area contributed by atoms with Gasteiger partial charge in [0.25, 0.3) is 11.8 Å². The second kappa shape index (κ2) is 9.08. The number of aromatic amines is 1. The Morgan fingerprint density at radius 1 is 1.23 bits per heavy atom. The zero-order valence-corrected chi connectivity index (χ0v) is 18.2. The van der Waals surface area contributed by atoms with Gasteiger partial charge in [-0.25, -0.2) is 4.98 Å². The topological polar surface area (TPSA) is 104 Å². The van der Waals surface area contributed by atoms with Gasteiger partial charge in [0.05, 0.1) is 17.1 Å². The van der Waals surface area contributed by atoms with E-state index in [1.54, 1.807) is 30.3 Å². The predicted molar refractivity (Wildman–Crippen MR) is 121 cm³/mol. The molecule has 4 N–H and O–H groups in total. The molecule has 0 aliphatic carbocycles. The number of H-pyrrole nitrogens is 1. The third-order valence-electron chi connectivity index (χ3n) is 5.67. The molecule has 1 aromatic heterocycles. The van der Waals surface area contributed by atoms with Crippen LogP contribution in [0.25, 0.3) is 11.0 Å². The van der Waals surface area contributed by atoms with Crippen molar-refractivity contribution in [2.75, 3.05) is 19.6 Å². The highest BCUT2D eigenvalue weighted by Gasteiger charge is 2.23. The molecule has 31 heavy (non-hydrogen) atoms. The number of halogens is 1. The molecular weight excluding hydrogens is 414 g/mol. The van der Waals surface area contributed by atoms with E-state index in [4.69, 9.17) is 17.3 Å². The number of aryl methyl sites for hydroxylation is 1. The number of nitrogens with two attached hydrogens (primary N) is 1. The molecule has 1 saturated heterocycles. The molecule has 8 heteroatoms. The third-order valence-corrected chi connectivity index (χ3v) is 5.90. The number of nitrogens with zero attached hydrogens (tertiary/aromatic N) is 2. The Kier molecular flexibility index (Phi) is 6.25. The van der Waals surface area contributed by atoms with Crippen LogP contribution in [0.2, 0.25) is 5.02 Å². The molecule has 0 radical (unpaired) electrons. The van der Waals surface area contributed by atoms with E-state index in [9.17, 15) is 9.59 Å². The zero-order valence-electron chi connectivity index (χ0n) is 17.5. The largest absolute Gasteiger partial charge is 0.342 e. The third kappa shape index (κ3) is 4.57. The molecule has 2 amide bonds. The number of carbonyl (C=O) groups is 2. The van der Waals surface area contributed by atoms with Gasteiger partial charge in [0.2, 0.25) is 0 Å². The molecule has 7 nitrogen and oxygen atoms in total. The van der Waals surface area contributed by atoms with E-state index in [2.05, 4.69) is 15.3 Å². The number of rotatable bonds is 6. The van der Waals surface area contributed by atoms with Gasteiger partial charge in [-0.2, -0.15) is 0 Å². The van der Waals surface area contributed by atoms with E-state index >= 15 is 0 Å². The van der Waals surface area contributed by atoms with Gasteiger partial charge in [-0.05, 0) is 74.7 Å². The van der Waals surface area contributed by atoms with Gasteiger partial charge < -0.3 is 20.9 Å². The highest BCUT2D eigenvalue weighted by atomic mass is 35.5. The van der Waals surface area contributed by atoms with Crippen molar-refractivity contribution >= 4 is 34.4 Å². The molecule has 1 aliphatic heterocycles. The first-order valence-corrected chi connectivity index (χ1v) is 10.9. The number of amides is 2. The van der Waals surface area contributed by atoms with Crippen molar-refractivity contribution in [3.63, 3.8) is 0 Å². The van der Waals surface area contributed by atoms with Gasteiger partial charge in [0, 0.05) is 29.2 Å². The Morgan fingerprint density at radius 2 is 2.00 bits per heavy atom. The number of hydrogen-bond acceptors (Lipinski definition) is 4. The number of aromatic nitrogens is 2. The van der Waals surface area contributed by atoms with Crippen LogP contribution in [-0.2, 0) is 0 Å². The Morgan fingerprint density at radius 3 is 2.71 bits per heavy atom. The van der Waals surface area contributed by atoms with Gasteiger partial charge in [0.15, 0.2) is 0 Å². The van der Waals surface area contributed by atoms with Crippen LogP contribution in [0.4, 0.5) is 0 Å². The maximum atomic E-state index is 13.0. The van der Waals surface area contributed by atoms with Gasteiger partial charge in [-0.1, -0.05) is 11.6 Å². The number of likely N-dealkylation sites (tertiary alicyclic amines) is 1. The minimum Gasteiger partial charge on any atom is -0.342 e. The normalized spacial score (nSPS) is 14.7. The summed E-state index contributed by atoms with van der Waals surface area (Å²) in [6.07, 6.45) is 2.62. The first kappa shape index (κ1) is 21.3. The lowest BCUT2D eigenvalue weighted by Crippen LogP contribution is -2.31. The fourth-order valence-corrected chi connectivity index (χ4v) is 4.16. The Bertz CT molecular complexity index is 1120. The van der Waals surface area contributed by atoms with E-state index < -0.39 is 0 Å². The summed E-state index contributed by atoms with van der Waals surface area (Å²) in [4.78, 5) is 35.3. The molecule has 1 atom stereocenters. The average Bonchev–Trinajstić information content (AvgIpc) is 3.42. The summed E-state index contributed by atoms with van der Waals surface area (Å²) in [5.74, 6) is 0.428. The van der Waals surface area contributed by atoms with Crippen LogP contribution in [0.1, 0.15) is 57.4 Å². The molecule has 2 heterocycles. The van der Waals surface area contributed by atoms with Crippen LogP contribution >= 0.6 is 11.6 Å². The highest BCUT2D eigenvalue weighted by Crippen LogP contribution is 2.22. The molecule has 1 unspecified atom stereocenters. The lowest BCUT2D eigenvalue weighted by atomic mass is 10.0. The summed E-state index contributed by atoms with van der Waals surface area (Å²) in [5.41, 5.74) is 9.29. The van der Waals surface area contributed by atoms with Crippen molar-refractivity contribution in [1.82, 2.24) is 20.2 Å². The second-order valence-electron chi connectivity index (χ2n) is 7.92. The summed E-state index contributed by atoms with van der Waals surface area (Å²) < 4.78 is 0. The number of benzene rings is 2. The number of fused-ring (bicyclic) bond motifs is 1. The number of hydrogen-bond donors (Lipinski definition) is 3. The first-order valence-electron chi connectivity index (χ1n) is 10.5. The highest BCUT2D eigenvalue weighted by molar-refractivity contribution is 6.31. The summed E-state index contributed by atoms with van der Waals surface area (Å²) >= 11 is 6.06. The molecule has 1 fully saturated rings. The second-order valence-corrected chi connectivity index (χ2v) is 8.35. The van der Waals surface area contributed by atoms with Crippen LogP contribution in [0.5, 0.6) is 0 Å². The van der Waals surface area contributed by atoms with Crippen molar-refractivity contribution in [2.45, 2.75) is 32.2 Å².